The molecule has 1 fully saturated rings. The van der Waals surface area contributed by atoms with Gasteiger partial charge in [-0.3, -0.25) is 9.98 Å². The van der Waals surface area contributed by atoms with Crippen LogP contribution in [0.25, 0.3) is 5.70 Å². The molecule has 5 heteroatoms. The molecule has 1 saturated heterocycles. The predicted octanol–water partition coefficient (Wildman–Crippen LogP) is 1.94. The third kappa shape index (κ3) is 4.06. The second-order valence-electron chi connectivity index (χ2n) is 4.39. The van der Waals surface area contributed by atoms with Crippen molar-refractivity contribution in [1.29, 1.82) is 0 Å². The Labute approximate surface area is 113 Å². The monoisotopic (exact) mass is 261 g/mol. The zero-order chi connectivity index (χ0) is 13.5. The van der Waals surface area contributed by atoms with Crippen molar-refractivity contribution in [2.24, 2.45) is 4.99 Å². The maximum atomic E-state index is 9.28. The SMILES string of the molecule is CN=C/C=C(\NC1CCCCO1)c1ccc(O)cn1. The second kappa shape index (κ2) is 6.89. The fourth-order valence-corrected chi connectivity index (χ4v) is 1.93. The largest absolute Gasteiger partial charge is 0.506 e. The van der Waals surface area contributed by atoms with Crippen LogP contribution in [-0.2, 0) is 4.74 Å². The van der Waals surface area contributed by atoms with E-state index >= 15 is 0 Å². The van der Waals surface area contributed by atoms with Gasteiger partial charge >= 0.3 is 0 Å². The fraction of sp³-hybridized carbons (Fsp3) is 0.429. The van der Waals surface area contributed by atoms with Crippen molar-refractivity contribution < 1.29 is 9.84 Å². The minimum atomic E-state index is 0.0147. The summed E-state index contributed by atoms with van der Waals surface area (Å²) in [6.45, 7) is 0.788. The average Bonchev–Trinajstić information content (AvgIpc) is 2.45. The van der Waals surface area contributed by atoms with Crippen molar-refractivity contribution in [3.8, 4) is 5.75 Å². The first kappa shape index (κ1) is 13.5. The summed E-state index contributed by atoms with van der Waals surface area (Å²) < 4.78 is 5.66. The Hall–Kier alpha value is -1.88. The summed E-state index contributed by atoms with van der Waals surface area (Å²) >= 11 is 0. The topological polar surface area (TPSA) is 66.7 Å². The number of aliphatic imine (C=N–C) groups is 1. The molecule has 1 atom stereocenters. The highest BCUT2D eigenvalue weighted by molar-refractivity contribution is 5.82. The number of allylic oxidation sites excluding steroid dienone is 1. The molecule has 0 aliphatic carbocycles. The summed E-state index contributed by atoms with van der Waals surface area (Å²) in [5, 5.41) is 12.6. The van der Waals surface area contributed by atoms with Gasteiger partial charge in [0.25, 0.3) is 0 Å². The van der Waals surface area contributed by atoms with Crippen LogP contribution in [0.1, 0.15) is 25.0 Å². The van der Waals surface area contributed by atoms with Crippen LogP contribution in [0.4, 0.5) is 0 Å². The lowest BCUT2D eigenvalue weighted by atomic mass is 10.1. The van der Waals surface area contributed by atoms with Crippen LogP contribution >= 0.6 is 0 Å². The van der Waals surface area contributed by atoms with Crippen molar-refractivity contribution in [3.63, 3.8) is 0 Å². The lowest BCUT2D eigenvalue weighted by Gasteiger charge is -2.25. The zero-order valence-electron chi connectivity index (χ0n) is 11.0. The standard InChI is InChI=1S/C14H19N3O2/c1-15-8-7-13(12-6-5-11(18)10-16-12)17-14-4-2-3-9-19-14/h5-8,10,14,17-18H,2-4,9H2,1H3/b13-7-,15-8?. The molecule has 0 spiro atoms. The molecular formula is C14H19N3O2. The van der Waals surface area contributed by atoms with Crippen molar-refractivity contribution in [3.05, 3.63) is 30.1 Å². The molecule has 1 aliphatic heterocycles. The molecule has 5 nitrogen and oxygen atoms in total. The summed E-state index contributed by atoms with van der Waals surface area (Å²) in [5.74, 6) is 0.154. The number of pyridine rings is 1. The Morgan fingerprint density at radius 3 is 3.05 bits per heavy atom. The van der Waals surface area contributed by atoms with E-state index in [9.17, 15) is 5.11 Å². The Morgan fingerprint density at radius 2 is 2.42 bits per heavy atom. The molecule has 0 saturated carbocycles. The maximum Gasteiger partial charge on any atom is 0.133 e. The van der Waals surface area contributed by atoms with Gasteiger partial charge in [-0.15, -0.1) is 0 Å². The molecular weight excluding hydrogens is 242 g/mol. The second-order valence-corrected chi connectivity index (χ2v) is 4.39. The van der Waals surface area contributed by atoms with E-state index in [2.05, 4.69) is 15.3 Å². The highest BCUT2D eigenvalue weighted by atomic mass is 16.5. The third-order valence-electron chi connectivity index (χ3n) is 2.91. The van der Waals surface area contributed by atoms with Gasteiger partial charge in [-0.05, 0) is 37.5 Å². The normalized spacial score (nSPS) is 20.7. The predicted molar refractivity (Wildman–Crippen MR) is 75.0 cm³/mol. The molecule has 2 N–H and O–H groups in total. The Kier molecular flexibility index (Phi) is 4.92. The molecule has 1 aromatic heterocycles. The van der Waals surface area contributed by atoms with E-state index in [1.165, 1.54) is 6.20 Å². The first-order chi connectivity index (χ1) is 9.29. The number of hydrogen-bond acceptors (Lipinski definition) is 5. The van der Waals surface area contributed by atoms with Gasteiger partial charge in [-0.25, -0.2) is 0 Å². The Morgan fingerprint density at radius 1 is 1.53 bits per heavy atom. The number of ether oxygens (including phenoxy) is 1. The van der Waals surface area contributed by atoms with Gasteiger partial charge in [0, 0.05) is 19.9 Å². The van der Waals surface area contributed by atoms with E-state index < -0.39 is 0 Å². The third-order valence-corrected chi connectivity index (χ3v) is 2.91. The van der Waals surface area contributed by atoms with Gasteiger partial charge in [0.1, 0.15) is 12.0 Å². The number of aromatic hydroxyl groups is 1. The quantitative estimate of drug-likeness (QED) is 0.813. The van der Waals surface area contributed by atoms with Crippen molar-refractivity contribution in [2.75, 3.05) is 13.7 Å². The van der Waals surface area contributed by atoms with E-state index in [0.29, 0.717) is 0 Å². The maximum absolute atomic E-state index is 9.28. The summed E-state index contributed by atoms with van der Waals surface area (Å²) in [4.78, 5) is 8.15. The minimum Gasteiger partial charge on any atom is -0.506 e. The van der Waals surface area contributed by atoms with Crippen LogP contribution < -0.4 is 5.32 Å². The first-order valence-electron chi connectivity index (χ1n) is 6.45. The van der Waals surface area contributed by atoms with E-state index in [4.69, 9.17) is 4.74 Å². The summed E-state index contributed by atoms with van der Waals surface area (Å²) in [6, 6.07) is 3.38. The molecule has 0 aromatic carbocycles. The molecule has 0 bridgehead atoms. The van der Waals surface area contributed by atoms with Crippen LogP contribution in [0.15, 0.2) is 29.4 Å². The van der Waals surface area contributed by atoms with E-state index in [1.54, 1.807) is 25.4 Å². The number of nitrogens with zero attached hydrogens (tertiary/aromatic N) is 2. The Balaban J connectivity index is 2.13. The Bertz CT molecular complexity index is 448. The highest BCUT2D eigenvalue weighted by Crippen LogP contribution is 2.17. The number of hydrogen-bond donors (Lipinski definition) is 2. The molecule has 102 valence electrons. The molecule has 1 aromatic rings. The van der Waals surface area contributed by atoms with E-state index in [0.717, 1.165) is 37.3 Å². The van der Waals surface area contributed by atoms with E-state index in [1.807, 2.05) is 6.08 Å². The lowest BCUT2D eigenvalue weighted by molar-refractivity contribution is 0.00528. The molecule has 1 unspecified atom stereocenters. The van der Waals surface area contributed by atoms with Gasteiger partial charge in [0.15, 0.2) is 0 Å². The number of aromatic nitrogens is 1. The first-order valence-corrected chi connectivity index (χ1v) is 6.45. The molecule has 2 heterocycles. The molecule has 2 rings (SSSR count). The van der Waals surface area contributed by atoms with Crippen LogP contribution in [0, 0.1) is 0 Å². The van der Waals surface area contributed by atoms with Gasteiger partial charge in [0.05, 0.1) is 17.6 Å². The molecule has 0 amide bonds. The molecule has 19 heavy (non-hydrogen) atoms. The van der Waals surface area contributed by atoms with Crippen LogP contribution in [0.5, 0.6) is 5.75 Å². The van der Waals surface area contributed by atoms with Crippen LogP contribution in [0.3, 0.4) is 0 Å². The summed E-state index contributed by atoms with van der Waals surface area (Å²) in [5.41, 5.74) is 1.60. The number of rotatable bonds is 4. The van der Waals surface area contributed by atoms with Crippen molar-refractivity contribution in [2.45, 2.75) is 25.5 Å². The summed E-state index contributed by atoms with van der Waals surface area (Å²) in [7, 11) is 1.72. The summed E-state index contributed by atoms with van der Waals surface area (Å²) in [6.07, 6.45) is 8.27. The van der Waals surface area contributed by atoms with E-state index in [-0.39, 0.29) is 12.0 Å². The molecule has 0 radical (unpaired) electrons. The highest BCUT2D eigenvalue weighted by Gasteiger charge is 2.15. The van der Waals surface area contributed by atoms with Gasteiger partial charge in [-0.2, -0.15) is 0 Å². The number of nitrogens with one attached hydrogen (secondary N) is 1. The van der Waals surface area contributed by atoms with Gasteiger partial charge in [-0.1, -0.05) is 0 Å². The van der Waals surface area contributed by atoms with Crippen molar-refractivity contribution in [1.82, 2.24) is 10.3 Å². The van der Waals surface area contributed by atoms with Gasteiger partial charge < -0.3 is 15.2 Å². The van der Waals surface area contributed by atoms with Gasteiger partial charge in [0.2, 0.25) is 0 Å². The van der Waals surface area contributed by atoms with Crippen molar-refractivity contribution >= 4 is 11.9 Å². The van der Waals surface area contributed by atoms with Crippen LogP contribution in [0.2, 0.25) is 0 Å². The zero-order valence-corrected chi connectivity index (χ0v) is 11.0. The fourth-order valence-electron chi connectivity index (χ4n) is 1.93. The molecule has 1 aliphatic rings. The lowest BCUT2D eigenvalue weighted by Crippen LogP contribution is -2.33. The smallest absolute Gasteiger partial charge is 0.133 e. The minimum absolute atomic E-state index is 0.0147. The average molecular weight is 261 g/mol. The van der Waals surface area contributed by atoms with Crippen LogP contribution in [-0.4, -0.2) is 36.2 Å².